The minimum Gasteiger partial charge on any atom is -0.465 e. The van der Waals surface area contributed by atoms with E-state index in [1.807, 2.05) is 43.3 Å². The maximum Gasteiger partial charge on any atom is 0.337 e. The van der Waals surface area contributed by atoms with Gasteiger partial charge >= 0.3 is 5.97 Å². The van der Waals surface area contributed by atoms with E-state index in [1.165, 1.54) is 7.11 Å². The van der Waals surface area contributed by atoms with Crippen LogP contribution in [0.2, 0.25) is 0 Å². The molecular formula is C23H19N3O4. The maximum absolute atomic E-state index is 13.0. The molecule has 0 radical (unpaired) electrons. The van der Waals surface area contributed by atoms with Crippen LogP contribution in [0.3, 0.4) is 0 Å². The number of anilines is 1. The van der Waals surface area contributed by atoms with Gasteiger partial charge in [0.25, 0.3) is 5.91 Å². The molecule has 0 atom stereocenters. The normalized spacial score (nSPS) is 10.6. The minimum atomic E-state index is -0.438. The number of methoxy groups -OCH3 is 1. The van der Waals surface area contributed by atoms with Gasteiger partial charge in [0.15, 0.2) is 5.76 Å². The standard InChI is InChI=1S/C23H19N3O4/c1-15-8-13-20(30-15)21-19(14-26(25-21)18-6-4-3-5-7-18)22(27)24-17-11-9-16(10-12-17)23(28)29-2/h3-14H,1-2H3,(H,24,27). The number of para-hydroxylation sites is 1. The van der Waals surface area contributed by atoms with E-state index in [0.717, 1.165) is 11.4 Å². The summed E-state index contributed by atoms with van der Waals surface area (Å²) in [5.74, 6) is 0.455. The molecule has 30 heavy (non-hydrogen) atoms. The first-order chi connectivity index (χ1) is 14.5. The van der Waals surface area contributed by atoms with Crippen LogP contribution in [0.15, 0.2) is 77.3 Å². The maximum atomic E-state index is 13.0. The zero-order valence-corrected chi connectivity index (χ0v) is 16.5. The molecule has 1 amide bonds. The lowest BCUT2D eigenvalue weighted by Gasteiger charge is -2.06. The fourth-order valence-corrected chi connectivity index (χ4v) is 3.00. The number of carbonyl (C=O) groups is 2. The second kappa shape index (κ2) is 8.08. The molecule has 150 valence electrons. The van der Waals surface area contributed by atoms with Crippen molar-refractivity contribution in [1.82, 2.24) is 9.78 Å². The number of furan rings is 1. The van der Waals surface area contributed by atoms with E-state index in [-0.39, 0.29) is 5.91 Å². The summed E-state index contributed by atoms with van der Waals surface area (Å²) in [7, 11) is 1.32. The van der Waals surface area contributed by atoms with Crippen LogP contribution in [-0.2, 0) is 4.74 Å². The van der Waals surface area contributed by atoms with Gasteiger partial charge in [-0.2, -0.15) is 5.10 Å². The van der Waals surface area contributed by atoms with Gasteiger partial charge in [0, 0.05) is 11.9 Å². The predicted molar refractivity (Wildman–Crippen MR) is 112 cm³/mol. The third-order valence-corrected chi connectivity index (χ3v) is 4.52. The molecular weight excluding hydrogens is 382 g/mol. The zero-order chi connectivity index (χ0) is 21.1. The summed E-state index contributed by atoms with van der Waals surface area (Å²) in [5, 5.41) is 7.41. The van der Waals surface area contributed by atoms with Crippen molar-refractivity contribution in [2.24, 2.45) is 0 Å². The average Bonchev–Trinajstić information content (AvgIpc) is 3.41. The fourth-order valence-electron chi connectivity index (χ4n) is 3.00. The number of esters is 1. The highest BCUT2D eigenvalue weighted by Gasteiger charge is 2.21. The fraction of sp³-hybridized carbons (Fsp3) is 0.0870. The molecule has 0 saturated carbocycles. The number of ether oxygens (including phenoxy) is 1. The van der Waals surface area contributed by atoms with Gasteiger partial charge in [-0.15, -0.1) is 0 Å². The Kier molecular flexibility index (Phi) is 5.17. The van der Waals surface area contributed by atoms with E-state index in [4.69, 9.17) is 9.15 Å². The van der Waals surface area contributed by atoms with Gasteiger partial charge < -0.3 is 14.5 Å². The van der Waals surface area contributed by atoms with Crippen LogP contribution < -0.4 is 5.32 Å². The molecule has 0 saturated heterocycles. The van der Waals surface area contributed by atoms with Gasteiger partial charge in [0.1, 0.15) is 11.5 Å². The van der Waals surface area contributed by atoms with Crippen molar-refractivity contribution in [3.8, 4) is 17.1 Å². The zero-order valence-electron chi connectivity index (χ0n) is 16.5. The lowest BCUT2D eigenvalue weighted by molar-refractivity contribution is 0.0600. The van der Waals surface area contributed by atoms with Crippen LogP contribution in [0.5, 0.6) is 0 Å². The van der Waals surface area contributed by atoms with Crippen LogP contribution in [-0.4, -0.2) is 28.8 Å². The van der Waals surface area contributed by atoms with Crippen LogP contribution >= 0.6 is 0 Å². The first-order valence-corrected chi connectivity index (χ1v) is 9.27. The number of amides is 1. The number of carbonyl (C=O) groups excluding carboxylic acids is 2. The van der Waals surface area contributed by atoms with Crippen molar-refractivity contribution in [3.63, 3.8) is 0 Å². The third kappa shape index (κ3) is 3.86. The van der Waals surface area contributed by atoms with E-state index in [0.29, 0.717) is 28.3 Å². The summed E-state index contributed by atoms with van der Waals surface area (Å²) >= 11 is 0. The van der Waals surface area contributed by atoms with E-state index in [1.54, 1.807) is 41.2 Å². The molecule has 7 nitrogen and oxygen atoms in total. The Bertz CT molecular complexity index is 1190. The molecule has 0 aliphatic heterocycles. The van der Waals surface area contributed by atoms with Crippen molar-refractivity contribution < 1.29 is 18.7 Å². The Morgan fingerprint density at radius 3 is 2.37 bits per heavy atom. The van der Waals surface area contributed by atoms with E-state index < -0.39 is 5.97 Å². The lowest BCUT2D eigenvalue weighted by Crippen LogP contribution is -2.12. The molecule has 1 N–H and O–H groups in total. The molecule has 0 fully saturated rings. The van der Waals surface area contributed by atoms with Crippen LogP contribution in [0.25, 0.3) is 17.1 Å². The smallest absolute Gasteiger partial charge is 0.337 e. The quantitative estimate of drug-likeness (QED) is 0.498. The topological polar surface area (TPSA) is 86.4 Å². The summed E-state index contributed by atoms with van der Waals surface area (Å²) in [5.41, 5.74) is 2.57. The molecule has 4 aromatic rings. The van der Waals surface area contributed by atoms with Gasteiger partial charge in [-0.3, -0.25) is 4.79 Å². The van der Waals surface area contributed by atoms with Crippen molar-refractivity contribution in [1.29, 1.82) is 0 Å². The Hall–Kier alpha value is -4.13. The number of hydrogen-bond donors (Lipinski definition) is 1. The number of benzene rings is 2. The predicted octanol–water partition coefficient (Wildman–Crippen LogP) is 4.48. The highest BCUT2D eigenvalue weighted by atomic mass is 16.5. The SMILES string of the molecule is COC(=O)c1ccc(NC(=O)c2cn(-c3ccccc3)nc2-c2ccc(C)o2)cc1. The Morgan fingerprint density at radius 1 is 1.00 bits per heavy atom. The summed E-state index contributed by atoms with van der Waals surface area (Å²) < 4.78 is 12.0. The van der Waals surface area contributed by atoms with Gasteiger partial charge in [0.05, 0.1) is 23.9 Å². The highest BCUT2D eigenvalue weighted by molar-refractivity contribution is 6.08. The number of nitrogens with zero attached hydrogens (tertiary/aromatic N) is 2. The third-order valence-electron chi connectivity index (χ3n) is 4.52. The molecule has 0 bridgehead atoms. The molecule has 4 rings (SSSR count). The highest BCUT2D eigenvalue weighted by Crippen LogP contribution is 2.26. The summed E-state index contributed by atoms with van der Waals surface area (Å²) in [6.07, 6.45) is 1.67. The van der Waals surface area contributed by atoms with E-state index >= 15 is 0 Å². The second-order valence-electron chi connectivity index (χ2n) is 6.60. The number of nitrogens with one attached hydrogen (secondary N) is 1. The molecule has 2 aromatic heterocycles. The van der Waals surface area contributed by atoms with Crippen LogP contribution in [0.4, 0.5) is 5.69 Å². The van der Waals surface area contributed by atoms with Crippen molar-refractivity contribution >= 4 is 17.6 Å². The van der Waals surface area contributed by atoms with Crippen molar-refractivity contribution in [2.45, 2.75) is 6.92 Å². The first-order valence-electron chi connectivity index (χ1n) is 9.27. The second-order valence-corrected chi connectivity index (χ2v) is 6.60. The van der Waals surface area contributed by atoms with Gasteiger partial charge in [-0.1, -0.05) is 18.2 Å². The number of rotatable bonds is 5. The van der Waals surface area contributed by atoms with Crippen molar-refractivity contribution in [2.75, 3.05) is 12.4 Å². The van der Waals surface area contributed by atoms with E-state index in [9.17, 15) is 9.59 Å². The summed E-state index contributed by atoms with van der Waals surface area (Å²) in [6, 6.07) is 19.6. The van der Waals surface area contributed by atoms with Crippen LogP contribution in [0, 0.1) is 6.92 Å². The van der Waals surface area contributed by atoms with Gasteiger partial charge in [-0.05, 0) is 55.5 Å². The number of aryl methyl sites for hydroxylation is 1. The molecule has 0 aliphatic rings. The van der Waals surface area contributed by atoms with Crippen LogP contribution in [0.1, 0.15) is 26.5 Å². The molecule has 0 unspecified atom stereocenters. The monoisotopic (exact) mass is 401 g/mol. The largest absolute Gasteiger partial charge is 0.465 e. The summed E-state index contributed by atoms with van der Waals surface area (Å²) in [4.78, 5) is 24.6. The summed E-state index contributed by atoms with van der Waals surface area (Å²) in [6.45, 7) is 1.83. The molecule has 7 heteroatoms. The molecule has 0 aliphatic carbocycles. The molecule has 2 aromatic carbocycles. The molecule has 0 spiro atoms. The minimum absolute atomic E-state index is 0.341. The van der Waals surface area contributed by atoms with Gasteiger partial charge in [0.2, 0.25) is 0 Å². The van der Waals surface area contributed by atoms with Gasteiger partial charge in [-0.25, -0.2) is 9.48 Å². The lowest BCUT2D eigenvalue weighted by atomic mass is 10.1. The number of hydrogen-bond acceptors (Lipinski definition) is 5. The van der Waals surface area contributed by atoms with Crippen molar-refractivity contribution in [3.05, 3.63) is 89.8 Å². The first kappa shape index (κ1) is 19.2. The number of aromatic nitrogens is 2. The Balaban J connectivity index is 1.67. The molecule has 2 heterocycles. The Morgan fingerprint density at radius 2 is 1.73 bits per heavy atom. The van der Waals surface area contributed by atoms with E-state index in [2.05, 4.69) is 10.4 Å². The Labute approximate surface area is 172 Å². The average molecular weight is 401 g/mol.